The highest BCUT2D eigenvalue weighted by Crippen LogP contribution is 2.27. The molecule has 2 heterocycles. The molecule has 80 valence electrons. The second-order valence-corrected chi connectivity index (χ2v) is 3.85. The van der Waals surface area contributed by atoms with E-state index in [1.807, 2.05) is 0 Å². The molecule has 0 spiro atoms. The third kappa shape index (κ3) is 1.66. The Labute approximate surface area is 87.3 Å². The Bertz CT molecular complexity index is 485. The Hall–Kier alpha value is -1.62. The van der Waals surface area contributed by atoms with Crippen LogP contribution < -0.4 is 4.74 Å². The summed E-state index contributed by atoms with van der Waals surface area (Å²) in [6.07, 6.45) is 3.35. The van der Waals surface area contributed by atoms with Crippen molar-refractivity contribution in [2.75, 3.05) is 7.11 Å². The minimum Gasteiger partial charge on any atom is -0.493 e. The molecule has 0 atom stereocenters. The van der Waals surface area contributed by atoms with E-state index in [4.69, 9.17) is 4.74 Å². The van der Waals surface area contributed by atoms with E-state index in [1.165, 1.54) is 0 Å². The molecule has 2 rings (SSSR count). The van der Waals surface area contributed by atoms with Crippen LogP contribution in [0.5, 0.6) is 5.75 Å². The molecule has 0 saturated carbocycles. The lowest BCUT2D eigenvalue weighted by Gasteiger charge is -2.19. The smallest absolute Gasteiger partial charge is 0.161 e. The molecule has 15 heavy (non-hydrogen) atoms. The molecule has 5 nitrogen and oxygen atoms in total. The summed E-state index contributed by atoms with van der Waals surface area (Å²) in [6, 6.07) is 1.77. The molecule has 2 aromatic heterocycles. The van der Waals surface area contributed by atoms with Crippen molar-refractivity contribution >= 4 is 5.65 Å². The van der Waals surface area contributed by atoms with Crippen molar-refractivity contribution in [3.8, 4) is 5.75 Å². The van der Waals surface area contributed by atoms with Crippen LogP contribution in [0.2, 0.25) is 0 Å². The Morgan fingerprint density at radius 2 is 2.20 bits per heavy atom. The van der Waals surface area contributed by atoms with Gasteiger partial charge in [0.05, 0.1) is 19.5 Å². The van der Waals surface area contributed by atoms with Crippen LogP contribution in [0.3, 0.4) is 0 Å². The fourth-order valence-electron chi connectivity index (χ4n) is 1.42. The van der Waals surface area contributed by atoms with Gasteiger partial charge in [-0.15, -0.1) is 0 Å². The topological polar surface area (TPSA) is 59.7 Å². The Balaban J connectivity index is 2.70. The van der Waals surface area contributed by atoms with Crippen molar-refractivity contribution in [2.24, 2.45) is 0 Å². The summed E-state index contributed by atoms with van der Waals surface area (Å²) in [5.74, 6) is 0.527. The quantitative estimate of drug-likeness (QED) is 0.797. The van der Waals surface area contributed by atoms with E-state index >= 15 is 0 Å². The molecule has 0 aliphatic carbocycles. The molecule has 0 saturated heterocycles. The first kappa shape index (κ1) is 9.92. The maximum absolute atomic E-state index is 9.93. The molecule has 0 fully saturated rings. The number of aliphatic hydroxyl groups is 1. The van der Waals surface area contributed by atoms with Crippen LogP contribution in [-0.4, -0.2) is 26.8 Å². The van der Waals surface area contributed by atoms with Crippen LogP contribution >= 0.6 is 0 Å². The SMILES string of the molecule is COc1cn2nccc2nc1C(C)(C)O. The van der Waals surface area contributed by atoms with Crippen LogP contribution in [0.15, 0.2) is 18.5 Å². The predicted molar refractivity (Wildman–Crippen MR) is 54.8 cm³/mol. The standard InChI is InChI=1S/C10H13N3O2/c1-10(2,14)9-7(15-3)6-13-8(12-9)4-5-11-13/h4-6,14H,1-3H3. The highest BCUT2D eigenvalue weighted by molar-refractivity contribution is 5.42. The van der Waals surface area contributed by atoms with Gasteiger partial charge in [-0.05, 0) is 13.8 Å². The number of rotatable bonds is 2. The minimum absolute atomic E-state index is 0.512. The van der Waals surface area contributed by atoms with Crippen molar-refractivity contribution in [3.63, 3.8) is 0 Å². The second-order valence-electron chi connectivity index (χ2n) is 3.85. The summed E-state index contributed by atoms with van der Waals surface area (Å²) < 4.78 is 6.77. The van der Waals surface area contributed by atoms with Crippen molar-refractivity contribution in [3.05, 3.63) is 24.2 Å². The number of ether oxygens (including phenoxy) is 1. The normalized spacial score (nSPS) is 12.0. The zero-order valence-electron chi connectivity index (χ0n) is 8.93. The zero-order chi connectivity index (χ0) is 11.1. The van der Waals surface area contributed by atoms with Crippen molar-refractivity contribution < 1.29 is 9.84 Å². The van der Waals surface area contributed by atoms with Gasteiger partial charge in [-0.2, -0.15) is 5.10 Å². The fourth-order valence-corrected chi connectivity index (χ4v) is 1.42. The van der Waals surface area contributed by atoms with E-state index < -0.39 is 5.60 Å². The molecule has 2 aromatic rings. The van der Waals surface area contributed by atoms with Crippen LogP contribution in [0.4, 0.5) is 0 Å². The third-order valence-corrected chi connectivity index (χ3v) is 2.15. The molecule has 5 heteroatoms. The van der Waals surface area contributed by atoms with Gasteiger partial charge in [-0.1, -0.05) is 0 Å². The number of methoxy groups -OCH3 is 1. The highest BCUT2D eigenvalue weighted by Gasteiger charge is 2.23. The first-order valence-corrected chi connectivity index (χ1v) is 4.63. The molecule has 0 aromatic carbocycles. The lowest BCUT2D eigenvalue weighted by molar-refractivity contribution is 0.0707. The van der Waals surface area contributed by atoms with Crippen LogP contribution in [0.25, 0.3) is 5.65 Å². The molecule has 0 aliphatic heterocycles. The molecule has 1 N–H and O–H groups in total. The number of hydrogen-bond donors (Lipinski definition) is 1. The summed E-state index contributed by atoms with van der Waals surface area (Å²) in [7, 11) is 1.54. The second kappa shape index (κ2) is 3.20. The summed E-state index contributed by atoms with van der Waals surface area (Å²) in [6.45, 7) is 3.34. The van der Waals surface area contributed by atoms with Gasteiger partial charge in [0, 0.05) is 6.07 Å². The summed E-state index contributed by atoms with van der Waals surface area (Å²) in [4.78, 5) is 4.30. The molecular formula is C10H13N3O2. The molecule has 0 amide bonds. The van der Waals surface area contributed by atoms with Crippen molar-refractivity contribution in [1.82, 2.24) is 14.6 Å². The molecule has 0 bridgehead atoms. The maximum atomic E-state index is 9.93. The summed E-state index contributed by atoms with van der Waals surface area (Å²) in [5.41, 5.74) is 0.170. The van der Waals surface area contributed by atoms with Crippen LogP contribution in [0, 0.1) is 0 Å². The van der Waals surface area contributed by atoms with Gasteiger partial charge < -0.3 is 9.84 Å². The third-order valence-electron chi connectivity index (χ3n) is 2.15. The van der Waals surface area contributed by atoms with Gasteiger partial charge in [0.15, 0.2) is 11.4 Å². The average molecular weight is 207 g/mol. The largest absolute Gasteiger partial charge is 0.493 e. The minimum atomic E-state index is -1.03. The van der Waals surface area contributed by atoms with Gasteiger partial charge in [0.25, 0.3) is 0 Å². The first-order chi connectivity index (χ1) is 7.02. The molecule has 0 radical (unpaired) electrons. The Kier molecular flexibility index (Phi) is 2.12. The van der Waals surface area contributed by atoms with E-state index in [0.29, 0.717) is 17.1 Å². The number of nitrogens with zero attached hydrogens (tertiary/aromatic N) is 3. The molecule has 0 aliphatic rings. The maximum Gasteiger partial charge on any atom is 0.161 e. The Morgan fingerprint density at radius 3 is 2.80 bits per heavy atom. The van der Waals surface area contributed by atoms with Gasteiger partial charge in [-0.25, -0.2) is 9.50 Å². The van der Waals surface area contributed by atoms with Crippen molar-refractivity contribution in [2.45, 2.75) is 19.4 Å². The lowest BCUT2D eigenvalue weighted by Crippen LogP contribution is -2.19. The van der Waals surface area contributed by atoms with Crippen LogP contribution in [0.1, 0.15) is 19.5 Å². The average Bonchev–Trinajstić information content (AvgIpc) is 2.60. The number of aromatic nitrogens is 3. The molecule has 0 unspecified atom stereocenters. The first-order valence-electron chi connectivity index (χ1n) is 4.63. The van der Waals surface area contributed by atoms with E-state index in [-0.39, 0.29) is 0 Å². The zero-order valence-corrected chi connectivity index (χ0v) is 8.93. The van der Waals surface area contributed by atoms with E-state index in [1.54, 1.807) is 43.9 Å². The van der Waals surface area contributed by atoms with E-state index in [2.05, 4.69) is 10.1 Å². The van der Waals surface area contributed by atoms with Gasteiger partial charge >= 0.3 is 0 Å². The van der Waals surface area contributed by atoms with E-state index in [9.17, 15) is 5.11 Å². The molecular weight excluding hydrogens is 194 g/mol. The van der Waals surface area contributed by atoms with E-state index in [0.717, 1.165) is 0 Å². The number of fused-ring (bicyclic) bond motifs is 1. The number of hydrogen-bond acceptors (Lipinski definition) is 4. The lowest BCUT2D eigenvalue weighted by atomic mass is 10.0. The fraction of sp³-hybridized carbons (Fsp3) is 0.400. The summed E-state index contributed by atoms with van der Waals surface area (Å²) in [5, 5.41) is 14.0. The van der Waals surface area contributed by atoms with Crippen molar-refractivity contribution in [1.29, 1.82) is 0 Å². The van der Waals surface area contributed by atoms with Crippen LogP contribution in [-0.2, 0) is 5.60 Å². The monoisotopic (exact) mass is 207 g/mol. The summed E-state index contributed by atoms with van der Waals surface area (Å²) >= 11 is 0. The van der Waals surface area contributed by atoms with Gasteiger partial charge in [0.2, 0.25) is 0 Å². The van der Waals surface area contributed by atoms with Gasteiger partial charge in [-0.3, -0.25) is 0 Å². The predicted octanol–water partition coefficient (Wildman–Crippen LogP) is 0.965. The van der Waals surface area contributed by atoms with Gasteiger partial charge in [0.1, 0.15) is 11.3 Å². The Morgan fingerprint density at radius 1 is 1.47 bits per heavy atom. The highest BCUT2D eigenvalue weighted by atomic mass is 16.5.